The first-order valence-electron chi connectivity index (χ1n) is 9.75. The van der Waals surface area contributed by atoms with Crippen LogP contribution in [0, 0.1) is 0 Å². The lowest BCUT2D eigenvalue weighted by Crippen LogP contribution is -2.32. The quantitative estimate of drug-likeness (QED) is 0.436. The van der Waals surface area contributed by atoms with Crippen LogP contribution in [0.1, 0.15) is 17.3 Å². The number of methoxy groups -OCH3 is 2. The van der Waals surface area contributed by atoms with Crippen molar-refractivity contribution in [1.82, 2.24) is 0 Å². The number of carbonyl (C=O) groups excluding carboxylic acids is 2. The Balaban J connectivity index is 1.53. The fourth-order valence-corrected chi connectivity index (χ4v) is 3.39. The molecule has 0 aliphatic heterocycles. The molecule has 1 atom stereocenters. The lowest BCUT2D eigenvalue weighted by Gasteiger charge is -2.17. The number of hydrogen-bond acceptors (Lipinski definition) is 6. The number of para-hydroxylation sites is 1. The Morgan fingerprint density at radius 3 is 2.39 bits per heavy atom. The summed E-state index contributed by atoms with van der Waals surface area (Å²) >= 11 is 0. The van der Waals surface area contributed by atoms with E-state index < -0.39 is 12.0 Å². The number of ether oxygens (including phenoxy) is 2. The van der Waals surface area contributed by atoms with Crippen LogP contribution in [0.15, 0.2) is 65.1 Å². The topological polar surface area (TPSA) is 89.8 Å². The normalized spacial score (nSPS) is 11.8. The third-order valence-corrected chi connectivity index (χ3v) is 5.04. The van der Waals surface area contributed by atoms with E-state index in [4.69, 9.17) is 13.9 Å². The SMILES string of the molecule is COC(=O)c1ccc(N[C@@H](C)C(=O)Nc2cc3oc4ccccc4c3cc2OC)cc1. The Labute approximate surface area is 178 Å². The van der Waals surface area contributed by atoms with Gasteiger partial charge in [0, 0.05) is 22.5 Å². The van der Waals surface area contributed by atoms with Crippen molar-refractivity contribution in [2.45, 2.75) is 13.0 Å². The summed E-state index contributed by atoms with van der Waals surface area (Å²) in [4.78, 5) is 24.3. The lowest BCUT2D eigenvalue weighted by molar-refractivity contribution is -0.116. The van der Waals surface area contributed by atoms with E-state index in [1.165, 1.54) is 7.11 Å². The van der Waals surface area contributed by atoms with Gasteiger partial charge in [-0.2, -0.15) is 0 Å². The molecule has 0 unspecified atom stereocenters. The van der Waals surface area contributed by atoms with Crippen LogP contribution in [-0.4, -0.2) is 32.1 Å². The maximum absolute atomic E-state index is 12.8. The zero-order valence-electron chi connectivity index (χ0n) is 17.4. The highest BCUT2D eigenvalue weighted by Crippen LogP contribution is 2.36. The molecule has 0 aliphatic carbocycles. The molecule has 2 N–H and O–H groups in total. The number of esters is 1. The number of fused-ring (bicyclic) bond motifs is 3. The lowest BCUT2D eigenvalue weighted by atomic mass is 10.1. The Morgan fingerprint density at radius 2 is 1.68 bits per heavy atom. The van der Waals surface area contributed by atoms with Crippen LogP contribution in [0.2, 0.25) is 0 Å². The second-order valence-electron chi connectivity index (χ2n) is 7.07. The van der Waals surface area contributed by atoms with E-state index in [1.807, 2.05) is 30.3 Å². The molecule has 0 radical (unpaired) electrons. The molecular weight excluding hydrogens is 396 g/mol. The van der Waals surface area contributed by atoms with Crippen molar-refractivity contribution in [3.05, 3.63) is 66.2 Å². The third-order valence-electron chi connectivity index (χ3n) is 5.04. The van der Waals surface area contributed by atoms with Crippen LogP contribution in [0.5, 0.6) is 5.75 Å². The van der Waals surface area contributed by atoms with Gasteiger partial charge in [0.15, 0.2) is 0 Å². The second kappa shape index (κ2) is 8.39. The van der Waals surface area contributed by atoms with Crippen molar-refractivity contribution in [3.8, 4) is 5.75 Å². The molecule has 7 nitrogen and oxygen atoms in total. The smallest absolute Gasteiger partial charge is 0.337 e. The first-order chi connectivity index (χ1) is 15.0. The summed E-state index contributed by atoms with van der Waals surface area (Å²) < 4.78 is 16.1. The summed E-state index contributed by atoms with van der Waals surface area (Å²) in [6.45, 7) is 1.75. The maximum atomic E-state index is 12.8. The van der Waals surface area contributed by atoms with E-state index in [2.05, 4.69) is 10.6 Å². The van der Waals surface area contributed by atoms with Crippen molar-refractivity contribution in [2.24, 2.45) is 0 Å². The molecule has 1 aromatic heterocycles. The van der Waals surface area contributed by atoms with Gasteiger partial charge in [0.2, 0.25) is 5.91 Å². The van der Waals surface area contributed by atoms with E-state index in [0.717, 1.165) is 16.4 Å². The predicted molar refractivity (Wildman–Crippen MR) is 120 cm³/mol. The minimum atomic E-state index is -0.542. The summed E-state index contributed by atoms with van der Waals surface area (Å²) in [6, 6.07) is 17.5. The van der Waals surface area contributed by atoms with Gasteiger partial charge in [0.1, 0.15) is 23.0 Å². The average Bonchev–Trinajstić information content (AvgIpc) is 3.15. The van der Waals surface area contributed by atoms with Crippen LogP contribution in [-0.2, 0) is 9.53 Å². The van der Waals surface area contributed by atoms with Crippen LogP contribution in [0.25, 0.3) is 21.9 Å². The van der Waals surface area contributed by atoms with Gasteiger partial charge in [-0.05, 0) is 43.3 Å². The van der Waals surface area contributed by atoms with Gasteiger partial charge in [-0.1, -0.05) is 18.2 Å². The van der Waals surface area contributed by atoms with Crippen LogP contribution >= 0.6 is 0 Å². The standard InChI is InChI=1S/C24H22N2O5/c1-14(25-16-10-8-15(9-11-16)24(28)30-3)23(27)26-19-13-21-18(12-22(19)29-2)17-6-4-5-7-20(17)31-21/h4-14,25H,1-3H3,(H,26,27)/t14-/m0/s1. The molecular formula is C24H22N2O5. The van der Waals surface area contributed by atoms with Gasteiger partial charge < -0.3 is 24.5 Å². The fourth-order valence-electron chi connectivity index (χ4n) is 3.39. The molecule has 1 amide bonds. The molecule has 1 heterocycles. The number of rotatable bonds is 6. The maximum Gasteiger partial charge on any atom is 0.337 e. The van der Waals surface area contributed by atoms with Crippen molar-refractivity contribution in [2.75, 3.05) is 24.9 Å². The van der Waals surface area contributed by atoms with Crippen molar-refractivity contribution in [3.63, 3.8) is 0 Å². The molecule has 0 fully saturated rings. The van der Waals surface area contributed by atoms with E-state index in [1.54, 1.807) is 44.4 Å². The van der Waals surface area contributed by atoms with Crippen LogP contribution in [0.4, 0.5) is 11.4 Å². The van der Waals surface area contributed by atoms with E-state index in [0.29, 0.717) is 28.3 Å². The van der Waals surface area contributed by atoms with E-state index >= 15 is 0 Å². The van der Waals surface area contributed by atoms with Gasteiger partial charge >= 0.3 is 5.97 Å². The molecule has 3 aromatic carbocycles. The van der Waals surface area contributed by atoms with Gasteiger partial charge in [-0.3, -0.25) is 4.79 Å². The molecule has 158 valence electrons. The van der Waals surface area contributed by atoms with Gasteiger partial charge in [-0.15, -0.1) is 0 Å². The Bertz CT molecular complexity index is 1260. The van der Waals surface area contributed by atoms with Gasteiger partial charge in [0.05, 0.1) is 25.5 Å². The van der Waals surface area contributed by atoms with E-state index in [-0.39, 0.29) is 5.91 Å². The molecule has 31 heavy (non-hydrogen) atoms. The van der Waals surface area contributed by atoms with Gasteiger partial charge in [-0.25, -0.2) is 4.79 Å². The molecule has 0 saturated heterocycles. The highest BCUT2D eigenvalue weighted by atomic mass is 16.5. The summed E-state index contributed by atoms with van der Waals surface area (Å²) in [5.41, 5.74) is 3.10. The number of anilines is 2. The van der Waals surface area contributed by atoms with Crippen LogP contribution < -0.4 is 15.4 Å². The minimum Gasteiger partial charge on any atom is -0.495 e. The number of benzene rings is 3. The van der Waals surface area contributed by atoms with Crippen molar-refractivity contribution in [1.29, 1.82) is 0 Å². The van der Waals surface area contributed by atoms with Crippen LogP contribution in [0.3, 0.4) is 0 Å². The molecule has 0 bridgehead atoms. The summed E-state index contributed by atoms with van der Waals surface area (Å²) in [5, 5.41) is 7.91. The first-order valence-corrected chi connectivity index (χ1v) is 9.75. The molecule has 0 saturated carbocycles. The zero-order chi connectivity index (χ0) is 22.0. The minimum absolute atomic E-state index is 0.245. The van der Waals surface area contributed by atoms with Crippen molar-refractivity contribution >= 4 is 45.2 Å². The molecule has 4 rings (SSSR count). The average molecular weight is 418 g/mol. The highest BCUT2D eigenvalue weighted by molar-refractivity contribution is 6.08. The summed E-state index contributed by atoms with van der Waals surface area (Å²) in [6.07, 6.45) is 0. The number of nitrogens with one attached hydrogen (secondary N) is 2. The Kier molecular flexibility index (Phi) is 5.49. The zero-order valence-corrected chi connectivity index (χ0v) is 17.4. The first kappa shape index (κ1) is 20.3. The number of hydrogen-bond donors (Lipinski definition) is 2. The monoisotopic (exact) mass is 418 g/mol. The largest absolute Gasteiger partial charge is 0.495 e. The van der Waals surface area contributed by atoms with Gasteiger partial charge in [0.25, 0.3) is 0 Å². The molecule has 0 aliphatic rings. The summed E-state index contributed by atoms with van der Waals surface area (Å²) in [7, 11) is 2.89. The molecule has 7 heteroatoms. The van der Waals surface area contributed by atoms with E-state index in [9.17, 15) is 9.59 Å². The second-order valence-corrected chi connectivity index (χ2v) is 7.07. The number of carbonyl (C=O) groups is 2. The summed E-state index contributed by atoms with van der Waals surface area (Å²) in [5.74, 6) is -0.113. The highest BCUT2D eigenvalue weighted by Gasteiger charge is 2.18. The Hall–Kier alpha value is -4.00. The number of amides is 1. The van der Waals surface area contributed by atoms with Crippen molar-refractivity contribution < 1.29 is 23.5 Å². The Morgan fingerprint density at radius 1 is 0.935 bits per heavy atom. The fraction of sp³-hybridized carbons (Fsp3) is 0.167. The third kappa shape index (κ3) is 4.02. The number of furan rings is 1. The molecule has 0 spiro atoms. The predicted octanol–water partition coefficient (Wildman–Crippen LogP) is 4.82. The molecule has 4 aromatic rings.